The summed E-state index contributed by atoms with van der Waals surface area (Å²) >= 11 is 1.26. The molecule has 21 heavy (non-hydrogen) atoms. The van der Waals surface area contributed by atoms with Gasteiger partial charge in [-0.15, -0.1) is 0 Å². The van der Waals surface area contributed by atoms with E-state index in [0.29, 0.717) is 12.0 Å². The quantitative estimate of drug-likeness (QED) is 0.296. The minimum Gasteiger partial charge on any atom is -0.453 e. The lowest BCUT2D eigenvalue weighted by Gasteiger charge is -2.06. The molecule has 0 heterocycles. The first-order valence-corrected chi connectivity index (χ1v) is 8.96. The van der Waals surface area contributed by atoms with Crippen LogP contribution in [0.3, 0.4) is 0 Å². The summed E-state index contributed by atoms with van der Waals surface area (Å²) in [5, 5.41) is -0.0736. The van der Waals surface area contributed by atoms with Crippen LogP contribution in [-0.4, -0.2) is 23.4 Å². The van der Waals surface area contributed by atoms with Crippen LogP contribution in [0.5, 0.6) is 0 Å². The van der Waals surface area contributed by atoms with Gasteiger partial charge in [-0.05, 0) is 25.2 Å². The molecule has 0 aromatic heterocycles. The molecular formula is C17H30O3S. The van der Waals surface area contributed by atoms with E-state index in [0.717, 1.165) is 37.4 Å². The van der Waals surface area contributed by atoms with Crippen molar-refractivity contribution < 1.29 is 14.3 Å². The van der Waals surface area contributed by atoms with E-state index in [1.165, 1.54) is 24.6 Å². The first kappa shape index (κ1) is 20.2. The fourth-order valence-corrected chi connectivity index (χ4v) is 2.50. The van der Waals surface area contributed by atoms with Crippen LogP contribution >= 0.6 is 11.8 Å². The number of hydrogen-bond acceptors (Lipinski definition) is 4. The normalized spacial score (nSPS) is 10.7. The highest BCUT2D eigenvalue weighted by atomic mass is 32.2. The summed E-state index contributed by atoms with van der Waals surface area (Å²) in [6.07, 6.45) is 7.25. The van der Waals surface area contributed by atoms with Gasteiger partial charge in [-0.3, -0.25) is 4.79 Å². The Bertz CT molecular complexity index is 324. The van der Waals surface area contributed by atoms with Gasteiger partial charge >= 0.3 is 5.97 Å². The van der Waals surface area contributed by atoms with Crippen LogP contribution in [0.4, 0.5) is 0 Å². The summed E-state index contributed by atoms with van der Waals surface area (Å²) in [5.74, 6) is 1.12. The minimum absolute atomic E-state index is 0.0736. The summed E-state index contributed by atoms with van der Waals surface area (Å²) < 4.78 is 4.96. The fourth-order valence-electron chi connectivity index (χ4n) is 1.78. The predicted octanol–water partition coefficient (Wildman–Crippen LogP) is 4.75. The lowest BCUT2D eigenvalue weighted by atomic mass is 10.1. The van der Waals surface area contributed by atoms with E-state index in [2.05, 4.69) is 27.4 Å². The average molecular weight is 314 g/mol. The molecule has 122 valence electrons. The second-order valence-electron chi connectivity index (χ2n) is 5.75. The highest BCUT2D eigenvalue weighted by Crippen LogP contribution is 2.12. The van der Waals surface area contributed by atoms with Gasteiger partial charge in [0.15, 0.2) is 6.61 Å². The number of ether oxygens (including phenoxy) is 1. The van der Waals surface area contributed by atoms with E-state index in [1.807, 2.05) is 0 Å². The molecule has 0 aromatic carbocycles. The van der Waals surface area contributed by atoms with Crippen molar-refractivity contribution in [2.24, 2.45) is 5.92 Å². The van der Waals surface area contributed by atoms with E-state index in [-0.39, 0.29) is 11.7 Å². The maximum absolute atomic E-state index is 11.6. The van der Waals surface area contributed by atoms with Crippen molar-refractivity contribution in [1.82, 2.24) is 0 Å². The molecule has 0 aliphatic carbocycles. The third kappa shape index (κ3) is 12.7. The zero-order chi connectivity index (χ0) is 16.1. The van der Waals surface area contributed by atoms with Crippen molar-refractivity contribution >= 4 is 22.8 Å². The average Bonchev–Trinajstić information content (AvgIpc) is 2.45. The molecule has 4 heteroatoms. The summed E-state index contributed by atoms with van der Waals surface area (Å²) in [4.78, 5) is 23.1. The Labute approximate surface area is 133 Å². The summed E-state index contributed by atoms with van der Waals surface area (Å²) in [6, 6.07) is 0. The summed E-state index contributed by atoms with van der Waals surface area (Å²) in [5.41, 5.74) is 0.461. The number of esters is 1. The molecule has 0 rings (SSSR count). The maximum Gasteiger partial charge on any atom is 0.333 e. The van der Waals surface area contributed by atoms with E-state index < -0.39 is 5.97 Å². The molecule has 0 radical (unpaired) electrons. The largest absolute Gasteiger partial charge is 0.453 e. The third-order valence-corrected chi connectivity index (χ3v) is 4.06. The SMILES string of the molecule is C=C(CCCC)C(=O)OCC(=O)SCCCCCC(C)C. The monoisotopic (exact) mass is 314 g/mol. The Kier molecular flexibility index (Phi) is 12.5. The molecule has 0 N–H and O–H groups in total. The molecule has 0 unspecified atom stereocenters. The highest BCUT2D eigenvalue weighted by Gasteiger charge is 2.11. The smallest absolute Gasteiger partial charge is 0.333 e. The second kappa shape index (κ2) is 12.9. The fraction of sp³-hybridized carbons (Fsp3) is 0.765. The van der Waals surface area contributed by atoms with E-state index in [1.54, 1.807) is 0 Å². The van der Waals surface area contributed by atoms with Gasteiger partial charge in [0.05, 0.1) is 0 Å². The van der Waals surface area contributed by atoms with Gasteiger partial charge in [-0.2, -0.15) is 0 Å². The van der Waals surface area contributed by atoms with Crippen LogP contribution in [0.25, 0.3) is 0 Å². The summed E-state index contributed by atoms with van der Waals surface area (Å²) in [6.45, 7) is 10.1. The number of rotatable bonds is 12. The molecule has 0 aliphatic heterocycles. The molecule has 0 aliphatic rings. The second-order valence-corrected chi connectivity index (χ2v) is 6.90. The van der Waals surface area contributed by atoms with E-state index >= 15 is 0 Å². The first-order chi connectivity index (χ1) is 9.97. The number of carbonyl (C=O) groups is 2. The molecule has 0 fully saturated rings. The molecule has 0 atom stereocenters. The number of carbonyl (C=O) groups excluding carboxylic acids is 2. The van der Waals surface area contributed by atoms with Crippen molar-refractivity contribution in [3.05, 3.63) is 12.2 Å². The Morgan fingerprint density at radius 1 is 1.14 bits per heavy atom. The van der Waals surface area contributed by atoms with Crippen LogP contribution in [0, 0.1) is 5.92 Å². The van der Waals surface area contributed by atoms with Crippen molar-refractivity contribution in [3.8, 4) is 0 Å². The van der Waals surface area contributed by atoms with Crippen molar-refractivity contribution in [3.63, 3.8) is 0 Å². The molecule has 0 aromatic rings. The molecular weight excluding hydrogens is 284 g/mol. The minimum atomic E-state index is -0.436. The third-order valence-electron chi connectivity index (χ3n) is 3.13. The van der Waals surface area contributed by atoms with Crippen LogP contribution in [-0.2, 0) is 14.3 Å². The van der Waals surface area contributed by atoms with E-state index in [4.69, 9.17) is 4.74 Å². The highest BCUT2D eigenvalue weighted by molar-refractivity contribution is 8.13. The first-order valence-electron chi connectivity index (χ1n) is 7.97. The van der Waals surface area contributed by atoms with Gasteiger partial charge < -0.3 is 4.74 Å². The van der Waals surface area contributed by atoms with Gasteiger partial charge in [0.1, 0.15) is 0 Å². The van der Waals surface area contributed by atoms with Crippen molar-refractivity contribution in [2.45, 2.75) is 65.7 Å². The lowest BCUT2D eigenvalue weighted by molar-refractivity contribution is -0.142. The number of thioether (sulfide) groups is 1. The van der Waals surface area contributed by atoms with Gasteiger partial charge in [-0.1, -0.05) is 64.8 Å². The number of hydrogen-bond donors (Lipinski definition) is 0. The van der Waals surface area contributed by atoms with Crippen LogP contribution < -0.4 is 0 Å². The molecule has 3 nitrogen and oxygen atoms in total. The lowest BCUT2D eigenvalue weighted by Crippen LogP contribution is -2.13. The zero-order valence-corrected chi connectivity index (χ0v) is 14.6. The Morgan fingerprint density at radius 2 is 1.86 bits per heavy atom. The standard InChI is InChI=1S/C17H30O3S/c1-5-6-11-15(4)17(19)20-13-16(18)21-12-9-7-8-10-14(2)3/h14H,4-13H2,1-3H3. The molecule has 0 spiro atoms. The Balaban J connectivity index is 3.57. The van der Waals surface area contributed by atoms with Crippen LogP contribution in [0.15, 0.2) is 12.2 Å². The van der Waals surface area contributed by atoms with Crippen molar-refractivity contribution in [1.29, 1.82) is 0 Å². The Morgan fingerprint density at radius 3 is 2.48 bits per heavy atom. The molecule has 0 saturated carbocycles. The number of unbranched alkanes of at least 4 members (excludes halogenated alkanes) is 3. The van der Waals surface area contributed by atoms with Gasteiger partial charge in [0.2, 0.25) is 5.12 Å². The topological polar surface area (TPSA) is 43.4 Å². The van der Waals surface area contributed by atoms with Crippen LogP contribution in [0.1, 0.15) is 65.7 Å². The van der Waals surface area contributed by atoms with Gasteiger partial charge in [0.25, 0.3) is 0 Å². The molecule has 0 amide bonds. The van der Waals surface area contributed by atoms with Crippen molar-refractivity contribution in [2.75, 3.05) is 12.4 Å². The maximum atomic E-state index is 11.6. The van der Waals surface area contributed by atoms with Gasteiger partial charge in [-0.25, -0.2) is 4.79 Å². The molecule has 0 bridgehead atoms. The van der Waals surface area contributed by atoms with E-state index in [9.17, 15) is 9.59 Å². The van der Waals surface area contributed by atoms with Crippen LogP contribution in [0.2, 0.25) is 0 Å². The Hall–Kier alpha value is -0.770. The molecule has 0 saturated heterocycles. The summed E-state index contributed by atoms with van der Waals surface area (Å²) in [7, 11) is 0. The van der Waals surface area contributed by atoms with Gasteiger partial charge in [0, 0.05) is 11.3 Å². The predicted molar refractivity (Wildman–Crippen MR) is 90.4 cm³/mol. The zero-order valence-electron chi connectivity index (χ0n) is 13.8.